The summed E-state index contributed by atoms with van der Waals surface area (Å²) in [6.45, 7) is 3.74. The van der Waals surface area contributed by atoms with Gasteiger partial charge in [-0.3, -0.25) is 9.69 Å². The van der Waals surface area contributed by atoms with Crippen molar-refractivity contribution in [3.8, 4) is 16.9 Å². The van der Waals surface area contributed by atoms with Crippen molar-refractivity contribution in [2.45, 2.75) is 13.0 Å². The van der Waals surface area contributed by atoms with Gasteiger partial charge in [0.2, 0.25) is 11.9 Å². The summed E-state index contributed by atoms with van der Waals surface area (Å²) in [5, 5.41) is 2.61. The predicted octanol–water partition coefficient (Wildman–Crippen LogP) is 3.07. The first-order valence-electron chi connectivity index (χ1n) is 12.5. The first kappa shape index (κ1) is 25.9. The molecule has 0 aliphatic carbocycles. The molecule has 39 heavy (non-hydrogen) atoms. The maximum atomic E-state index is 15.0. The molecule has 2 fully saturated rings. The number of amides is 3. The molecule has 2 saturated heterocycles. The molecule has 0 radical (unpaired) electrons. The summed E-state index contributed by atoms with van der Waals surface area (Å²) in [4.78, 5) is 49.5. The van der Waals surface area contributed by atoms with Gasteiger partial charge in [-0.05, 0) is 30.3 Å². The number of piperazine rings is 1. The molecule has 0 saturated carbocycles. The molecule has 2 aliphatic rings. The van der Waals surface area contributed by atoms with Gasteiger partial charge in [0, 0.05) is 56.6 Å². The summed E-state index contributed by atoms with van der Waals surface area (Å²) in [5.74, 6) is 0.221. The van der Waals surface area contributed by atoms with E-state index in [0.29, 0.717) is 54.7 Å². The summed E-state index contributed by atoms with van der Waals surface area (Å²) in [5.41, 5.74) is 1.13. The fraction of sp³-hybridized carbons (Fsp3) is 0.296. The van der Waals surface area contributed by atoms with E-state index in [-0.39, 0.29) is 19.0 Å². The number of nitrogens with one attached hydrogen (secondary N) is 1. The number of halogens is 1. The van der Waals surface area contributed by atoms with Crippen LogP contribution in [0.1, 0.15) is 6.92 Å². The Morgan fingerprint density at radius 2 is 1.79 bits per heavy atom. The molecular weight excluding hydrogens is 507 g/mol. The number of rotatable bonds is 6. The first-order valence-corrected chi connectivity index (χ1v) is 12.5. The standard InChI is InChI=1S/C27H27FN6O5/c1-18(35)29-16-22-17-34(27(37)39-22)20-7-8-23(24(28)13-20)19-14-30-25(31-15-19)32-9-11-33(12-10-32)26(36)38-21-5-3-2-4-6-21/h2-8,13-15,22H,9-12,16-17H2,1H3,(H,29,35)/t22-/m0/s1. The van der Waals surface area contributed by atoms with Crippen LogP contribution in [0.2, 0.25) is 0 Å². The van der Waals surface area contributed by atoms with Gasteiger partial charge >= 0.3 is 12.2 Å². The van der Waals surface area contributed by atoms with Crippen LogP contribution in [-0.4, -0.2) is 78.3 Å². The molecular formula is C27H27FN6O5. The monoisotopic (exact) mass is 534 g/mol. The summed E-state index contributed by atoms with van der Waals surface area (Å²) in [6, 6.07) is 13.4. The zero-order valence-electron chi connectivity index (χ0n) is 21.2. The molecule has 5 rings (SSSR count). The minimum atomic E-state index is -0.599. The minimum absolute atomic E-state index is 0.189. The fourth-order valence-corrected chi connectivity index (χ4v) is 4.37. The highest BCUT2D eigenvalue weighted by Crippen LogP contribution is 2.29. The van der Waals surface area contributed by atoms with Crippen LogP contribution in [0.5, 0.6) is 5.75 Å². The van der Waals surface area contributed by atoms with Crippen LogP contribution in [0.3, 0.4) is 0 Å². The zero-order valence-corrected chi connectivity index (χ0v) is 21.2. The van der Waals surface area contributed by atoms with Gasteiger partial charge < -0.3 is 24.6 Å². The molecule has 202 valence electrons. The zero-order chi connectivity index (χ0) is 27.4. The summed E-state index contributed by atoms with van der Waals surface area (Å²) >= 11 is 0. The van der Waals surface area contributed by atoms with E-state index in [0.717, 1.165) is 0 Å². The molecule has 1 atom stereocenters. The SMILES string of the molecule is CC(=O)NC[C@H]1CN(c2ccc(-c3cnc(N4CCN(C(=O)Oc5ccccc5)CC4)nc3)c(F)c2)C(=O)O1. The smallest absolute Gasteiger partial charge is 0.415 e. The van der Waals surface area contributed by atoms with Gasteiger partial charge in [0.25, 0.3) is 0 Å². The van der Waals surface area contributed by atoms with Crippen LogP contribution in [0.25, 0.3) is 11.1 Å². The van der Waals surface area contributed by atoms with Crippen LogP contribution in [0.4, 0.5) is 25.6 Å². The molecule has 0 bridgehead atoms. The number of hydrogen-bond donors (Lipinski definition) is 1. The van der Waals surface area contributed by atoms with Gasteiger partial charge in [0.15, 0.2) is 0 Å². The molecule has 0 spiro atoms. The molecule has 3 amide bonds. The van der Waals surface area contributed by atoms with E-state index in [1.54, 1.807) is 53.7 Å². The van der Waals surface area contributed by atoms with E-state index in [9.17, 15) is 14.4 Å². The highest BCUT2D eigenvalue weighted by atomic mass is 19.1. The molecule has 1 N–H and O–H groups in total. The van der Waals surface area contributed by atoms with E-state index < -0.39 is 24.1 Å². The first-order chi connectivity index (χ1) is 18.9. The van der Waals surface area contributed by atoms with Crippen molar-refractivity contribution in [1.29, 1.82) is 0 Å². The number of carbonyl (C=O) groups is 3. The van der Waals surface area contributed by atoms with Crippen LogP contribution in [0, 0.1) is 5.82 Å². The Hall–Kier alpha value is -4.74. The average Bonchev–Trinajstić information content (AvgIpc) is 3.33. The van der Waals surface area contributed by atoms with Crippen molar-refractivity contribution in [2.75, 3.05) is 49.1 Å². The fourth-order valence-electron chi connectivity index (χ4n) is 4.37. The maximum absolute atomic E-state index is 15.0. The minimum Gasteiger partial charge on any atom is -0.442 e. The third-order valence-corrected chi connectivity index (χ3v) is 6.44. The number of ether oxygens (including phenoxy) is 2. The largest absolute Gasteiger partial charge is 0.442 e. The van der Waals surface area contributed by atoms with E-state index in [1.165, 1.54) is 17.9 Å². The Morgan fingerprint density at radius 3 is 2.46 bits per heavy atom. The van der Waals surface area contributed by atoms with E-state index in [1.807, 2.05) is 11.0 Å². The van der Waals surface area contributed by atoms with E-state index in [2.05, 4.69) is 15.3 Å². The highest BCUT2D eigenvalue weighted by molar-refractivity contribution is 5.90. The Balaban J connectivity index is 1.18. The molecule has 3 aromatic rings. The van der Waals surface area contributed by atoms with Crippen LogP contribution < -0.4 is 19.9 Å². The normalized spacial score (nSPS) is 17.1. The van der Waals surface area contributed by atoms with Crippen LogP contribution in [-0.2, 0) is 9.53 Å². The number of benzene rings is 2. The number of cyclic esters (lactones) is 1. The number of hydrogen-bond acceptors (Lipinski definition) is 8. The van der Waals surface area contributed by atoms with E-state index >= 15 is 4.39 Å². The van der Waals surface area contributed by atoms with E-state index in [4.69, 9.17) is 9.47 Å². The molecule has 2 aromatic carbocycles. The van der Waals surface area contributed by atoms with Crippen molar-refractivity contribution in [1.82, 2.24) is 20.2 Å². The Kier molecular flexibility index (Phi) is 7.53. The maximum Gasteiger partial charge on any atom is 0.415 e. The number of aromatic nitrogens is 2. The van der Waals surface area contributed by atoms with Gasteiger partial charge in [-0.25, -0.2) is 23.9 Å². The summed E-state index contributed by atoms with van der Waals surface area (Å²) in [6.07, 6.45) is 1.58. The van der Waals surface area contributed by atoms with Crippen molar-refractivity contribution in [3.05, 3.63) is 66.7 Å². The van der Waals surface area contributed by atoms with Gasteiger partial charge in [0.1, 0.15) is 17.7 Å². The lowest BCUT2D eigenvalue weighted by Crippen LogP contribution is -2.50. The third-order valence-electron chi connectivity index (χ3n) is 6.44. The molecule has 3 heterocycles. The summed E-state index contributed by atoms with van der Waals surface area (Å²) in [7, 11) is 0. The second kappa shape index (κ2) is 11.3. The predicted molar refractivity (Wildman–Crippen MR) is 140 cm³/mol. The number of anilines is 2. The van der Waals surface area contributed by atoms with Gasteiger partial charge in [-0.15, -0.1) is 0 Å². The topological polar surface area (TPSA) is 117 Å². The lowest BCUT2D eigenvalue weighted by Gasteiger charge is -2.34. The van der Waals surface area contributed by atoms with Crippen molar-refractivity contribution in [2.24, 2.45) is 0 Å². The second-order valence-electron chi connectivity index (χ2n) is 9.14. The summed E-state index contributed by atoms with van der Waals surface area (Å²) < 4.78 is 25.7. The third kappa shape index (κ3) is 6.06. The van der Waals surface area contributed by atoms with Crippen molar-refractivity contribution in [3.63, 3.8) is 0 Å². The molecule has 12 heteroatoms. The second-order valence-corrected chi connectivity index (χ2v) is 9.14. The van der Waals surface area contributed by atoms with Crippen LogP contribution >= 0.6 is 0 Å². The van der Waals surface area contributed by atoms with Crippen molar-refractivity contribution >= 4 is 29.7 Å². The molecule has 2 aliphatic heterocycles. The Morgan fingerprint density at radius 1 is 1.08 bits per heavy atom. The Bertz CT molecular complexity index is 1350. The molecule has 1 aromatic heterocycles. The Labute approximate surface area is 224 Å². The average molecular weight is 535 g/mol. The number of carbonyl (C=O) groups excluding carboxylic acids is 3. The lowest BCUT2D eigenvalue weighted by molar-refractivity contribution is -0.119. The quantitative estimate of drug-likeness (QED) is 0.513. The molecule has 0 unspecified atom stereocenters. The highest BCUT2D eigenvalue weighted by Gasteiger charge is 2.33. The van der Waals surface area contributed by atoms with Crippen LogP contribution in [0.15, 0.2) is 60.9 Å². The van der Waals surface area contributed by atoms with Crippen molar-refractivity contribution < 1.29 is 28.2 Å². The molecule has 11 nitrogen and oxygen atoms in total. The number of nitrogens with zero attached hydrogens (tertiary/aromatic N) is 5. The van der Waals surface area contributed by atoms with Gasteiger partial charge in [-0.1, -0.05) is 18.2 Å². The lowest BCUT2D eigenvalue weighted by atomic mass is 10.1. The van der Waals surface area contributed by atoms with Gasteiger partial charge in [0.05, 0.1) is 18.8 Å². The van der Waals surface area contributed by atoms with Gasteiger partial charge in [-0.2, -0.15) is 0 Å². The number of para-hydroxylation sites is 1.